The minimum Gasteiger partial charge on any atom is -0.378 e. The maximum absolute atomic E-state index is 5.45. The molecule has 0 atom stereocenters. The Balaban J connectivity index is 1.54. The van der Waals surface area contributed by atoms with Gasteiger partial charge in [0.25, 0.3) is 0 Å². The minimum absolute atomic E-state index is 0.361. The highest BCUT2D eigenvalue weighted by atomic mass is 79.9. The van der Waals surface area contributed by atoms with Gasteiger partial charge < -0.3 is 19.9 Å². The van der Waals surface area contributed by atoms with Crippen LogP contribution in [0.2, 0.25) is 0 Å². The molecule has 2 aromatic carbocycles. The zero-order valence-electron chi connectivity index (χ0n) is 18.0. The third kappa shape index (κ3) is 5.71. The van der Waals surface area contributed by atoms with E-state index in [0.29, 0.717) is 31.1 Å². The number of nitrogens with one attached hydrogen (secondary N) is 2. The Morgan fingerprint density at radius 3 is 2.50 bits per heavy atom. The molecule has 1 aliphatic rings. The lowest BCUT2D eigenvalue weighted by Crippen LogP contribution is -2.37. The number of aromatic nitrogens is 3. The van der Waals surface area contributed by atoms with Crippen LogP contribution in [-0.4, -0.2) is 61.6 Å². The highest BCUT2D eigenvalue weighted by molar-refractivity contribution is 9.10. The molecule has 1 saturated heterocycles. The zero-order valence-corrected chi connectivity index (χ0v) is 19.6. The van der Waals surface area contributed by atoms with E-state index in [1.165, 1.54) is 0 Å². The lowest BCUT2D eigenvalue weighted by Gasteiger charge is -2.27. The fourth-order valence-corrected chi connectivity index (χ4v) is 3.91. The second-order valence-corrected chi connectivity index (χ2v) is 8.20. The van der Waals surface area contributed by atoms with E-state index in [0.717, 1.165) is 34.5 Å². The maximum Gasteiger partial charge on any atom is 0.250 e. The van der Waals surface area contributed by atoms with Crippen LogP contribution >= 0.6 is 15.9 Å². The van der Waals surface area contributed by atoms with Crippen molar-refractivity contribution in [3.63, 3.8) is 0 Å². The summed E-state index contributed by atoms with van der Waals surface area (Å²) in [6, 6.07) is 15.8. The summed E-state index contributed by atoms with van der Waals surface area (Å²) in [6.07, 6.45) is 1.73. The molecule has 4 rings (SSSR count). The Labute approximate surface area is 195 Å². The van der Waals surface area contributed by atoms with Crippen molar-refractivity contribution < 1.29 is 4.74 Å². The van der Waals surface area contributed by atoms with Gasteiger partial charge in [0.05, 0.1) is 25.1 Å². The van der Waals surface area contributed by atoms with Gasteiger partial charge in [0.15, 0.2) is 0 Å². The van der Waals surface area contributed by atoms with Crippen LogP contribution in [0.1, 0.15) is 5.56 Å². The first-order valence-corrected chi connectivity index (χ1v) is 11.0. The summed E-state index contributed by atoms with van der Waals surface area (Å²) in [6.45, 7) is 2.74. The van der Waals surface area contributed by atoms with E-state index >= 15 is 0 Å². The highest BCUT2D eigenvalue weighted by Gasteiger charge is 2.16. The number of benzene rings is 2. The smallest absolute Gasteiger partial charge is 0.250 e. The van der Waals surface area contributed by atoms with Gasteiger partial charge >= 0.3 is 0 Å². The van der Waals surface area contributed by atoms with Gasteiger partial charge in [-0.05, 0) is 45.8 Å². The molecule has 9 nitrogen and oxygen atoms in total. The molecule has 10 heteroatoms. The van der Waals surface area contributed by atoms with E-state index in [1.807, 2.05) is 67.5 Å². The van der Waals surface area contributed by atoms with Gasteiger partial charge in [-0.25, -0.2) is 5.43 Å². The summed E-state index contributed by atoms with van der Waals surface area (Å²) < 4.78 is 6.45. The summed E-state index contributed by atoms with van der Waals surface area (Å²) in [7, 11) is 4.01. The predicted molar refractivity (Wildman–Crippen MR) is 132 cm³/mol. The molecule has 0 radical (unpaired) electrons. The maximum atomic E-state index is 5.45. The van der Waals surface area contributed by atoms with E-state index in [1.54, 1.807) is 6.21 Å². The van der Waals surface area contributed by atoms with Crippen LogP contribution in [0.25, 0.3) is 0 Å². The predicted octanol–water partition coefficient (Wildman–Crippen LogP) is 3.73. The van der Waals surface area contributed by atoms with Crippen LogP contribution in [0.4, 0.5) is 29.2 Å². The molecule has 2 N–H and O–H groups in total. The number of nitrogens with zero attached hydrogens (tertiary/aromatic N) is 6. The van der Waals surface area contributed by atoms with E-state index < -0.39 is 0 Å². The molecule has 32 heavy (non-hydrogen) atoms. The number of para-hydroxylation sites is 1. The average Bonchev–Trinajstić information content (AvgIpc) is 2.80. The summed E-state index contributed by atoms with van der Waals surface area (Å²) in [5, 5.41) is 7.56. The third-order valence-electron chi connectivity index (χ3n) is 4.78. The van der Waals surface area contributed by atoms with Crippen molar-refractivity contribution in [3.05, 3.63) is 58.6 Å². The second-order valence-electron chi connectivity index (χ2n) is 7.35. The van der Waals surface area contributed by atoms with Crippen molar-refractivity contribution in [2.45, 2.75) is 0 Å². The molecule has 2 heterocycles. The van der Waals surface area contributed by atoms with Crippen molar-refractivity contribution in [2.75, 3.05) is 60.9 Å². The molecule has 0 aliphatic carbocycles. The van der Waals surface area contributed by atoms with Gasteiger partial charge in [0, 0.05) is 37.3 Å². The van der Waals surface area contributed by atoms with Gasteiger partial charge in [-0.3, -0.25) is 0 Å². The van der Waals surface area contributed by atoms with Gasteiger partial charge in [-0.2, -0.15) is 20.1 Å². The Morgan fingerprint density at radius 1 is 1.03 bits per heavy atom. The van der Waals surface area contributed by atoms with Crippen molar-refractivity contribution in [1.29, 1.82) is 0 Å². The average molecular weight is 497 g/mol. The number of hydrogen-bond acceptors (Lipinski definition) is 9. The first-order chi connectivity index (χ1) is 15.6. The third-order valence-corrected chi connectivity index (χ3v) is 5.41. The summed E-state index contributed by atoms with van der Waals surface area (Å²) in [5.74, 6) is 1.39. The lowest BCUT2D eigenvalue weighted by atomic mass is 10.2. The first-order valence-electron chi connectivity index (χ1n) is 10.3. The summed E-state index contributed by atoms with van der Waals surface area (Å²) in [4.78, 5) is 17.7. The van der Waals surface area contributed by atoms with Gasteiger partial charge in [0.1, 0.15) is 0 Å². The minimum atomic E-state index is 0.361. The fraction of sp³-hybridized carbons (Fsp3) is 0.273. The zero-order chi connectivity index (χ0) is 22.3. The highest BCUT2D eigenvalue weighted by Crippen LogP contribution is 2.25. The quantitative estimate of drug-likeness (QED) is 0.377. The van der Waals surface area contributed by atoms with Crippen molar-refractivity contribution >= 4 is 51.4 Å². The number of morpholine rings is 1. The molecular formula is C22H25BrN8O. The monoisotopic (exact) mass is 496 g/mol. The van der Waals surface area contributed by atoms with Crippen LogP contribution in [0.15, 0.2) is 58.1 Å². The lowest BCUT2D eigenvalue weighted by molar-refractivity contribution is 0.122. The van der Waals surface area contributed by atoms with E-state index in [2.05, 4.69) is 51.6 Å². The molecular weight excluding hydrogens is 472 g/mol. The van der Waals surface area contributed by atoms with Crippen molar-refractivity contribution in [3.8, 4) is 0 Å². The number of ether oxygens (including phenoxy) is 1. The van der Waals surface area contributed by atoms with Crippen LogP contribution in [0, 0.1) is 0 Å². The van der Waals surface area contributed by atoms with Crippen LogP contribution in [0.5, 0.6) is 0 Å². The first kappa shape index (κ1) is 22.0. The number of anilines is 5. The SMILES string of the molecule is CN(C)c1ccc(/C=N/Nc2nc(Nc3ccccc3)nc(N3CCOCC3)n2)cc1Br. The number of rotatable bonds is 7. The summed E-state index contributed by atoms with van der Waals surface area (Å²) in [5.41, 5.74) is 5.88. The molecule has 0 saturated carbocycles. The number of hydrogen-bond donors (Lipinski definition) is 2. The van der Waals surface area contributed by atoms with Crippen molar-refractivity contribution in [2.24, 2.45) is 5.10 Å². The molecule has 0 unspecified atom stereocenters. The van der Waals surface area contributed by atoms with Crippen LogP contribution < -0.4 is 20.5 Å². The van der Waals surface area contributed by atoms with E-state index in [9.17, 15) is 0 Å². The Bertz CT molecular complexity index is 1070. The number of hydrazone groups is 1. The Morgan fingerprint density at radius 2 is 1.78 bits per heavy atom. The van der Waals surface area contributed by atoms with Gasteiger partial charge in [-0.1, -0.05) is 24.3 Å². The summed E-state index contributed by atoms with van der Waals surface area (Å²) >= 11 is 3.60. The van der Waals surface area contributed by atoms with Crippen LogP contribution in [-0.2, 0) is 4.74 Å². The number of halogens is 1. The van der Waals surface area contributed by atoms with E-state index in [-0.39, 0.29) is 0 Å². The Hall–Kier alpha value is -3.24. The Kier molecular flexibility index (Phi) is 7.13. The largest absolute Gasteiger partial charge is 0.378 e. The molecule has 1 fully saturated rings. The normalized spacial score (nSPS) is 13.9. The van der Waals surface area contributed by atoms with E-state index in [4.69, 9.17) is 4.74 Å². The van der Waals surface area contributed by atoms with Gasteiger partial charge in [0.2, 0.25) is 17.8 Å². The molecule has 166 valence electrons. The second kappa shape index (κ2) is 10.4. The fourth-order valence-electron chi connectivity index (χ4n) is 3.16. The molecule has 3 aromatic rings. The topological polar surface area (TPSA) is 90.8 Å². The van der Waals surface area contributed by atoms with Crippen molar-refractivity contribution in [1.82, 2.24) is 15.0 Å². The van der Waals surface area contributed by atoms with Crippen LogP contribution in [0.3, 0.4) is 0 Å². The molecule has 1 aromatic heterocycles. The molecule has 0 amide bonds. The van der Waals surface area contributed by atoms with Gasteiger partial charge in [-0.15, -0.1) is 0 Å². The molecule has 1 aliphatic heterocycles. The molecule has 0 bridgehead atoms. The standard InChI is InChI=1S/C22H25BrN8O/c1-30(2)19-9-8-16(14-18(19)23)15-24-29-21-26-20(25-17-6-4-3-5-7-17)27-22(28-21)31-10-12-32-13-11-31/h3-9,14-15H,10-13H2,1-2H3,(H2,25,26,27,28,29)/b24-15+. The molecule has 0 spiro atoms.